The molecule has 1 N–H and O–H groups in total. The number of hydrogen-bond donors (Lipinski definition) is 1. The summed E-state index contributed by atoms with van der Waals surface area (Å²) in [5.41, 5.74) is -0.207. The number of amides is 1. The summed E-state index contributed by atoms with van der Waals surface area (Å²) < 4.78 is 12.9. The number of carbonyl (C=O) groups is 2. The van der Waals surface area contributed by atoms with Crippen LogP contribution in [0, 0.1) is 5.82 Å². The Morgan fingerprint density at radius 2 is 1.92 bits per heavy atom. The van der Waals surface area contributed by atoms with Crippen molar-refractivity contribution in [3.63, 3.8) is 0 Å². The Hall–Kier alpha value is -1.71. The molecule has 0 spiro atoms. The van der Waals surface area contributed by atoms with Crippen molar-refractivity contribution in [2.45, 2.75) is 0 Å². The molecule has 4 heteroatoms. The number of nitrogens with one attached hydrogen (secondary N) is 1. The van der Waals surface area contributed by atoms with Crippen LogP contribution >= 0.6 is 0 Å². The standard InChI is InChI=1S/C9H8FNO2/c1-11-9(13)8(12)6-4-2-3-5-7(6)10/h2-5H,1H3,(H,11,13). The summed E-state index contributed by atoms with van der Waals surface area (Å²) in [7, 11) is 1.32. The zero-order valence-corrected chi connectivity index (χ0v) is 7.00. The highest BCUT2D eigenvalue weighted by Crippen LogP contribution is 2.06. The van der Waals surface area contributed by atoms with E-state index >= 15 is 0 Å². The van der Waals surface area contributed by atoms with Crippen LogP contribution in [0.15, 0.2) is 24.3 Å². The number of ketones is 1. The topological polar surface area (TPSA) is 46.2 Å². The molecular formula is C9H8FNO2. The molecule has 1 aromatic rings. The minimum atomic E-state index is -0.861. The highest BCUT2D eigenvalue weighted by Gasteiger charge is 2.17. The zero-order valence-electron chi connectivity index (χ0n) is 7.00. The summed E-state index contributed by atoms with van der Waals surface area (Å²) in [5.74, 6) is -2.36. The molecule has 0 aliphatic heterocycles. The van der Waals surface area contributed by atoms with E-state index in [1.807, 2.05) is 0 Å². The molecule has 0 unspecified atom stereocenters. The lowest BCUT2D eigenvalue weighted by Crippen LogP contribution is -2.28. The maximum atomic E-state index is 12.9. The van der Waals surface area contributed by atoms with Gasteiger partial charge in [-0.2, -0.15) is 0 Å². The van der Waals surface area contributed by atoms with Gasteiger partial charge in [0.15, 0.2) is 0 Å². The summed E-state index contributed by atoms with van der Waals surface area (Å²) in [6, 6.07) is 5.36. The number of carbonyl (C=O) groups excluding carboxylic acids is 2. The molecule has 1 rings (SSSR count). The van der Waals surface area contributed by atoms with Gasteiger partial charge in [0.1, 0.15) is 5.82 Å². The van der Waals surface area contributed by atoms with Gasteiger partial charge in [-0.25, -0.2) is 4.39 Å². The number of benzene rings is 1. The van der Waals surface area contributed by atoms with E-state index in [-0.39, 0.29) is 5.56 Å². The Morgan fingerprint density at radius 3 is 2.46 bits per heavy atom. The second-order valence-electron chi connectivity index (χ2n) is 2.39. The first kappa shape index (κ1) is 9.38. The summed E-state index contributed by atoms with van der Waals surface area (Å²) in [4.78, 5) is 22.0. The Morgan fingerprint density at radius 1 is 1.31 bits per heavy atom. The van der Waals surface area contributed by atoms with Gasteiger partial charge in [-0.1, -0.05) is 12.1 Å². The second-order valence-corrected chi connectivity index (χ2v) is 2.39. The van der Waals surface area contributed by atoms with Crippen LogP contribution in [0.3, 0.4) is 0 Å². The van der Waals surface area contributed by atoms with E-state index in [1.54, 1.807) is 0 Å². The fourth-order valence-corrected chi connectivity index (χ4v) is 0.881. The van der Waals surface area contributed by atoms with Gasteiger partial charge in [0, 0.05) is 7.05 Å². The molecule has 0 fully saturated rings. The number of halogens is 1. The van der Waals surface area contributed by atoms with Crippen LogP contribution in [-0.4, -0.2) is 18.7 Å². The fraction of sp³-hybridized carbons (Fsp3) is 0.111. The van der Waals surface area contributed by atoms with E-state index in [0.717, 1.165) is 6.07 Å². The van der Waals surface area contributed by atoms with Crippen LogP contribution in [0.25, 0.3) is 0 Å². The Labute approximate surface area is 74.6 Å². The van der Waals surface area contributed by atoms with Crippen LogP contribution in [0.1, 0.15) is 10.4 Å². The molecule has 0 saturated carbocycles. The van der Waals surface area contributed by atoms with E-state index in [2.05, 4.69) is 5.32 Å². The monoisotopic (exact) mass is 181 g/mol. The molecule has 68 valence electrons. The van der Waals surface area contributed by atoms with E-state index in [9.17, 15) is 14.0 Å². The van der Waals surface area contributed by atoms with Crippen molar-refractivity contribution >= 4 is 11.7 Å². The van der Waals surface area contributed by atoms with Gasteiger partial charge in [0.25, 0.3) is 11.7 Å². The summed E-state index contributed by atoms with van der Waals surface area (Å²) >= 11 is 0. The molecule has 1 aromatic carbocycles. The SMILES string of the molecule is CNC(=O)C(=O)c1ccccc1F. The Bertz CT molecular complexity index is 349. The normalized spacial score (nSPS) is 9.38. The van der Waals surface area contributed by atoms with Crippen molar-refractivity contribution in [1.29, 1.82) is 0 Å². The highest BCUT2D eigenvalue weighted by atomic mass is 19.1. The molecule has 0 atom stereocenters. The zero-order chi connectivity index (χ0) is 9.84. The molecule has 13 heavy (non-hydrogen) atoms. The number of Topliss-reactive ketones (excluding diaryl/α,β-unsaturated/α-hetero) is 1. The molecule has 0 heterocycles. The second kappa shape index (κ2) is 3.80. The van der Waals surface area contributed by atoms with Crippen LogP contribution in [-0.2, 0) is 4.79 Å². The van der Waals surface area contributed by atoms with E-state index in [1.165, 1.54) is 25.2 Å². The van der Waals surface area contributed by atoms with Crippen LogP contribution in [0.5, 0.6) is 0 Å². The Balaban J connectivity index is 3.02. The molecule has 0 saturated heterocycles. The third-order valence-electron chi connectivity index (χ3n) is 1.55. The largest absolute Gasteiger partial charge is 0.352 e. The van der Waals surface area contributed by atoms with Crippen molar-refractivity contribution in [2.24, 2.45) is 0 Å². The molecule has 0 radical (unpaired) electrons. The molecule has 0 aliphatic carbocycles. The van der Waals surface area contributed by atoms with Gasteiger partial charge in [0.05, 0.1) is 5.56 Å². The van der Waals surface area contributed by atoms with Crippen molar-refractivity contribution < 1.29 is 14.0 Å². The van der Waals surface area contributed by atoms with Gasteiger partial charge in [-0.15, -0.1) is 0 Å². The molecule has 3 nitrogen and oxygen atoms in total. The fourth-order valence-electron chi connectivity index (χ4n) is 0.881. The van der Waals surface area contributed by atoms with Crippen molar-refractivity contribution in [3.8, 4) is 0 Å². The summed E-state index contributed by atoms with van der Waals surface area (Å²) in [5, 5.41) is 2.14. The van der Waals surface area contributed by atoms with Crippen LogP contribution in [0.2, 0.25) is 0 Å². The van der Waals surface area contributed by atoms with Crippen LogP contribution < -0.4 is 5.32 Å². The lowest BCUT2D eigenvalue weighted by molar-refractivity contribution is -0.116. The first-order valence-electron chi connectivity index (χ1n) is 3.67. The van der Waals surface area contributed by atoms with Gasteiger partial charge in [0.2, 0.25) is 0 Å². The lowest BCUT2D eigenvalue weighted by Gasteiger charge is -1.99. The molecule has 0 aromatic heterocycles. The highest BCUT2D eigenvalue weighted by molar-refractivity contribution is 6.42. The first-order chi connectivity index (χ1) is 6.16. The van der Waals surface area contributed by atoms with Gasteiger partial charge < -0.3 is 5.32 Å². The molecule has 1 amide bonds. The van der Waals surface area contributed by atoms with Crippen molar-refractivity contribution in [2.75, 3.05) is 7.05 Å². The first-order valence-corrected chi connectivity index (χ1v) is 3.67. The number of hydrogen-bond acceptors (Lipinski definition) is 2. The number of likely N-dealkylation sites (N-methyl/N-ethyl adjacent to an activating group) is 1. The minimum Gasteiger partial charge on any atom is -0.352 e. The smallest absolute Gasteiger partial charge is 0.292 e. The molecule has 0 bridgehead atoms. The average Bonchev–Trinajstić information content (AvgIpc) is 2.16. The third-order valence-corrected chi connectivity index (χ3v) is 1.55. The van der Waals surface area contributed by atoms with Crippen molar-refractivity contribution in [1.82, 2.24) is 5.32 Å². The minimum absolute atomic E-state index is 0.207. The third kappa shape index (κ3) is 1.90. The summed E-state index contributed by atoms with van der Waals surface area (Å²) in [6.45, 7) is 0. The summed E-state index contributed by atoms with van der Waals surface area (Å²) in [6.07, 6.45) is 0. The molecule has 0 aliphatic rings. The predicted molar refractivity (Wildman–Crippen MR) is 44.8 cm³/mol. The van der Waals surface area contributed by atoms with Crippen molar-refractivity contribution in [3.05, 3.63) is 35.6 Å². The average molecular weight is 181 g/mol. The van der Waals surface area contributed by atoms with E-state index in [0.29, 0.717) is 0 Å². The number of rotatable bonds is 2. The molecular weight excluding hydrogens is 173 g/mol. The lowest BCUT2D eigenvalue weighted by atomic mass is 10.1. The predicted octanol–water partition coefficient (Wildman–Crippen LogP) is 0.754. The van der Waals surface area contributed by atoms with E-state index in [4.69, 9.17) is 0 Å². The maximum Gasteiger partial charge on any atom is 0.292 e. The maximum absolute atomic E-state index is 12.9. The quantitative estimate of drug-likeness (QED) is 0.540. The van der Waals surface area contributed by atoms with Gasteiger partial charge in [-0.3, -0.25) is 9.59 Å². The van der Waals surface area contributed by atoms with Gasteiger partial charge >= 0.3 is 0 Å². The van der Waals surface area contributed by atoms with E-state index < -0.39 is 17.5 Å². The van der Waals surface area contributed by atoms with Crippen LogP contribution in [0.4, 0.5) is 4.39 Å². The van der Waals surface area contributed by atoms with Gasteiger partial charge in [-0.05, 0) is 12.1 Å². The Kier molecular flexibility index (Phi) is 2.74.